The Balaban J connectivity index is 1.39. The molecule has 3 aromatic heterocycles. The van der Waals surface area contributed by atoms with Crippen LogP contribution < -0.4 is 4.90 Å². The molecule has 2 fully saturated rings. The summed E-state index contributed by atoms with van der Waals surface area (Å²) in [5.41, 5.74) is 2.82. The molecule has 202 valence electrons. The SMILES string of the molecule is CC(C)(C)N1CCN(Cc2cc3nc(-n4c(C(F)F)nc5ccccc54)cc(N4CCOCC4)n3n2)CC1. The molecule has 0 N–H and O–H groups in total. The molecule has 0 spiro atoms. The van der Waals surface area contributed by atoms with Gasteiger partial charge in [-0.3, -0.25) is 14.4 Å². The van der Waals surface area contributed by atoms with E-state index in [9.17, 15) is 8.78 Å². The molecular weight excluding hydrogens is 490 g/mol. The summed E-state index contributed by atoms with van der Waals surface area (Å²) in [6.45, 7) is 14.0. The van der Waals surface area contributed by atoms with E-state index in [1.165, 1.54) is 4.57 Å². The molecule has 2 aliphatic rings. The Bertz CT molecular complexity index is 1430. The van der Waals surface area contributed by atoms with Gasteiger partial charge in [-0.2, -0.15) is 9.61 Å². The number of rotatable bonds is 5. The highest BCUT2D eigenvalue weighted by Crippen LogP contribution is 2.30. The lowest BCUT2D eigenvalue weighted by molar-refractivity contribution is 0.0585. The van der Waals surface area contributed by atoms with Crippen molar-refractivity contribution in [1.29, 1.82) is 0 Å². The van der Waals surface area contributed by atoms with Gasteiger partial charge in [-0.1, -0.05) is 12.1 Å². The van der Waals surface area contributed by atoms with E-state index in [0.717, 1.165) is 44.2 Å². The molecule has 9 nitrogen and oxygen atoms in total. The van der Waals surface area contributed by atoms with Crippen molar-refractivity contribution >= 4 is 22.5 Å². The fourth-order valence-corrected chi connectivity index (χ4v) is 5.44. The van der Waals surface area contributed by atoms with Crippen LogP contribution in [0.5, 0.6) is 0 Å². The highest BCUT2D eigenvalue weighted by molar-refractivity contribution is 5.78. The van der Waals surface area contributed by atoms with Crippen LogP contribution in [0.4, 0.5) is 14.6 Å². The minimum absolute atomic E-state index is 0.164. The maximum Gasteiger partial charge on any atom is 0.296 e. The number of para-hydroxylation sites is 2. The normalized spacial score (nSPS) is 18.3. The number of fused-ring (bicyclic) bond motifs is 2. The third kappa shape index (κ3) is 4.74. The van der Waals surface area contributed by atoms with Gasteiger partial charge in [0.2, 0.25) is 0 Å². The third-order valence-corrected chi connectivity index (χ3v) is 7.50. The van der Waals surface area contributed by atoms with Crippen molar-refractivity contribution < 1.29 is 13.5 Å². The summed E-state index contributed by atoms with van der Waals surface area (Å²) in [5.74, 6) is 0.913. The number of nitrogens with zero attached hydrogens (tertiary/aromatic N) is 8. The summed E-state index contributed by atoms with van der Waals surface area (Å²) >= 11 is 0. The second-order valence-corrected chi connectivity index (χ2v) is 11.0. The van der Waals surface area contributed by atoms with E-state index >= 15 is 0 Å². The van der Waals surface area contributed by atoms with Crippen molar-refractivity contribution in [2.45, 2.75) is 39.3 Å². The van der Waals surface area contributed by atoms with Gasteiger partial charge in [-0.15, -0.1) is 0 Å². The lowest BCUT2D eigenvalue weighted by atomic mass is 10.0. The smallest absolute Gasteiger partial charge is 0.296 e. The number of halogens is 2. The highest BCUT2D eigenvalue weighted by atomic mass is 19.3. The van der Waals surface area contributed by atoms with E-state index in [1.54, 1.807) is 18.2 Å². The molecule has 2 saturated heterocycles. The van der Waals surface area contributed by atoms with Crippen LogP contribution in [0.2, 0.25) is 0 Å². The lowest BCUT2D eigenvalue weighted by Crippen LogP contribution is -2.53. The highest BCUT2D eigenvalue weighted by Gasteiger charge is 2.27. The van der Waals surface area contributed by atoms with Crippen LogP contribution in [0.3, 0.4) is 0 Å². The molecule has 4 aromatic rings. The van der Waals surface area contributed by atoms with E-state index in [0.29, 0.717) is 48.8 Å². The molecule has 5 heterocycles. The Morgan fingerprint density at radius 2 is 1.68 bits per heavy atom. The number of ether oxygens (including phenoxy) is 1. The predicted molar refractivity (Wildman–Crippen MR) is 142 cm³/mol. The van der Waals surface area contributed by atoms with E-state index in [4.69, 9.17) is 14.8 Å². The molecular formula is C27H34F2N8O. The summed E-state index contributed by atoms with van der Waals surface area (Å²) in [4.78, 5) is 16.2. The number of benzene rings is 1. The summed E-state index contributed by atoms with van der Waals surface area (Å²) in [7, 11) is 0. The maximum atomic E-state index is 14.1. The minimum Gasteiger partial charge on any atom is -0.378 e. The number of piperazine rings is 1. The summed E-state index contributed by atoms with van der Waals surface area (Å²) in [6.07, 6.45) is -2.74. The summed E-state index contributed by atoms with van der Waals surface area (Å²) in [6, 6.07) is 11.0. The molecule has 0 unspecified atom stereocenters. The number of morpholine rings is 1. The molecule has 2 aliphatic heterocycles. The topological polar surface area (TPSA) is 67.0 Å². The van der Waals surface area contributed by atoms with Crippen molar-refractivity contribution in [3.8, 4) is 5.82 Å². The van der Waals surface area contributed by atoms with Gasteiger partial charge in [-0.25, -0.2) is 18.7 Å². The van der Waals surface area contributed by atoms with Gasteiger partial charge in [0, 0.05) is 63.5 Å². The second kappa shape index (κ2) is 9.87. The van der Waals surface area contributed by atoms with Crippen LogP contribution in [0.15, 0.2) is 36.4 Å². The number of aromatic nitrogens is 5. The number of alkyl halides is 2. The standard InChI is InChI=1S/C27H34F2N8O/c1-27(2,3)35-10-8-33(9-11-35)18-19-16-23-31-22(17-24(37(23)32-19)34-12-14-38-15-13-34)36-21-7-5-4-6-20(21)30-26(36)25(28)29/h4-7,16-17,25H,8-15,18H2,1-3H3. The Morgan fingerprint density at radius 3 is 2.39 bits per heavy atom. The largest absolute Gasteiger partial charge is 0.378 e. The number of hydrogen-bond acceptors (Lipinski definition) is 7. The first kappa shape index (κ1) is 25.1. The lowest BCUT2D eigenvalue weighted by Gasteiger charge is -2.42. The van der Waals surface area contributed by atoms with Crippen molar-refractivity contribution in [2.75, 3.05) is 57.4 Å². The first-order chi connectivity index (χ1) is 18.3. The molecule has 6 rings (SSSR count). The van der Waals surface area contributed by atoms with Crippen LogP contribution in [0, 0.1) is 0 Å². The minimum atomic E-state index is -2.74. The quantitative estimate of drug-likeness (QED) is 0.394. The van der Waals surface area contributed by atoms with Crippen molar-refractivity contribution in [3.05, 3.63) is 47.9 Å². The van der Waals surface area contributed by atoms with E-state index in [1.807, 2.05) is 22.7 Å². The van der Waals surface area contributed by atoms with E-state index < -0.39 is 6.43 Å². The van der Waals surface area contributed by atoms with Gasteiger partial charge >= 0.3 is 0 Å². The van der Waals surface area contributed by atoms with Crippen LogP contribution >= 0.6 is 0 Å². The van der Waals surface area contributed by atoms with Crippen LogP contribution in [0.1, 0.15) is 38.7 Å². The second-order valence-electron chi connectivity index (χ2n) is 11.0. The molecule has 0 radical (unpaired) electrons. The van der Waals surface area contributed by atoms with Crippen molar-refractivity contribution in [1.82, 2.24) is 33.9 Å². The predicted octanol–water partition coefficient (Wildman–Crippen LogP) is 3.76. The molecule has 1 aromatic carbocycles. The maximum absolute atomic E-state index is 14.1. The fourth-order valence-electron chi connectivity index (χ4n) is 5.44. The third-order valence-electron chi connectivity index (χ3n) is 7.50. The van der Waals surface area contributed by atoms with Gasteiger partial charge in [0.05, 0.1) is 29.9 Å². The van der Waals surface area contributed by atoms with Crippen LogP contribution in [0.25, 0.3) is 22.5 Å². The van der Waals surface area contributed by atoms with Gasteiger partial charge in [0.15, 0.2) is 11.5 Å². The van der Waals surface area contributed by atoms with Gasteiger partial charge < -0.3 is 9.64 Å². The Kier molecular flexibility index (Phi) is 6.53. The fraction of sp³-hybridized carbons (Fsp3) is 0.519. The molecule has 11 heteroatoms. The van der Waals surface area contributed by atoms with Crippen LogP contribution in [-0.4, -0.2) is 92.0 Å². The van der Waals surface area contributed by atoms with Gasteiger partial charge in [0.1, 0.15) is 11.6 Å². The summed E-state index contributed by atoms with van der Waals surface area (Å²) < 4.78 is 37.1. The van der Waals surface area contributed by atoms with E-state index in [-0.39, 0.29) is 11.4 Å². The summed E-state index contributed by atoms with van der Waals surface area (Å²) in [5, 5.41) is 4.94. The number of anilines is 1. The Hall–Kier alpha value is -3.15. The molecule has 0 atom stereocenters. The first-order valence-electron chi connectivity index (χ1n) is 13.2. The molecule has 0 amide bonds. The van der Waals surface area contributed by atoms with Crippen molar-refractivity contribution in [3.63, 3.8) is 0 Å². The first-order valence-corrected chi connectivity index (χ1v) is 13.2. The van der Waals surface area contributed by atoms with Gasteiger partial charge in [0.25, 0.3) is 6.43 Å². The van der Waals surface area contributed by atoms with E-state index in [2.05, 4.69) is 40.5 Å². The average Bonchev–Trinajstić information content (AvgIpc) is 3.49. The van der Waals surface area contributed by atoms with Gasteiger partial charge in [-0.05, 0) is 32.9 Å². The zero-order chi connectivity index (χ0) is 26.4. The Morgan fingerprint density at radius 1 is 0.947 bits per heavy atom. The van der Waals surface area contributed by atoms with Crippen molar-refractivity contribution in [2.24, 2.45) is 0 Å². The monoisotopic (exact) mass is 524 g/mol. The zero-order valence-electron chi connectivity index (χ0n) is 22.1. The molecule has 0 bridgehead atoms. The number of imidazole rings is 1. The molecule has 38 heavy (non-hydrogen) atoms. The molecule has 0 saturated carbocycles. The molecule has 0 aliphatic carbocycles. The number of hydrogen-bond donors (Lipinski definition) is 0. The Labute approximate surface area is 220 Å². The van der Waals surface area contributed by atoms with Crippen LogP contribution in [-0.2, 0) is 11.3 Å². The average molecular weight is 525 g/mol. The zero-order valence-corrected chi connectivity index (χ0v) is 22.1.